The summed E-state index contributed by atoms with van der Waals surface area (Å²) in [5.74, 6) is -2.66. The summed E-state index contributed by atoms with van der Waals surface area (Å²) in [5.41, 5.74) is 0. The average molecular weight is 400 g/mol. The van der Waals surface area contributed by atoms with Crippen LogP contribution < -0.4 is 0 Å². The highest BCUT2D eigenvalue weighted by atomic mass is 16.7. The fourth-order valence-electron chi connectivity index (χ4n) is 2.61. The van der Waals surface area contributed by atoms with E-state index >= 15 is 0 Å². The molecule has 1 fully saturated rings. The van der Waals surface area contributed by atoms with Gasteiger partial charge in [-0.3, -0.25) is 19.2 Å². The number of hydrogen-bond acceptors (Lipinski definition) is 10. The standard InChI is InChI=1S/C17H25BO10/c1-9(19)24-8-13-14(25-10(2)20)15(26-11(3)21)16(27-12(4)22)17(28-13)23-7-5-6-18/h13-17H,5-8H2,1-4H3/t13-,14-,15+,16-,17-/m1/s1. The Morgan fingerprint density at radius 1 is 0.821 bits per heavy atom. The van der Waals surface area contributed by atoms with Gasteiger partial charge in [-0.15, -0.1) is 0 Å². The van der Waals surface area contributed by atoms with Gasteiger partial charge in [0, 0.05) is 34.3 Å². The largest absolute Gasteiger partial charge is 0.463 e. The first kappa shape index (κ1) is 23.9. The summed E-state index contributed by atoms with van der Waals surface area (Å²) in [7, 11) is 5.45. The minimum Gasteiger partial charge on any atom is -0.463 e. The highest BCUT2D eigenvalue weighted by molar-refractivity contribution is 6.08. The van der Waals surface area contributed by atoms with Gasteiger partial charge in [0.1, 0.15) is 12.7 Å². The maximum atomic E-state index is 11.6. The molecule has 1 saturated heterocycles. The van der Waals surface area contributed by atoms with Crippen molar-refractivity contribution < 1.29 is 47.6 Å². The van der Waals surface area contributed by atoms with Crippen molar-refractivity contribution in [2.75, 3.05) is 13.2 Å². The Balaban J connectivity index is 3.21. The molecule has 0 aromatic rings. The Labute approximate surface area is 164 Å². The quantitative estimate of drug-likeness (QED) is 0.227. The first-order chi connectivity index (χ1) is 13.1. The number of esters is 4. The van der Waals surface area contributed by atoms with Gasteiger partial charge in [-0.2, -0.15) is 0 Å². The summed E-state index contributed by atoms with van der Waals surface area (Å²) >= 11 is 0. The summed E-state index contributed by atoms with van der Waals surface area (Å²) in [6, 6.07) is 0. The smallest absolute Gasteiger partial charge is 0.303 e. The van der Waals surface area contributed by atoms with Crippen LogP contribution in [0, 0.1) is 0 Å². The van der Waals surface area contributed by atoms with E-state index in [9.17, 15) is 19.2 Å². The molecule has 11 heteroatoms. The Hall–Kier alpha value is -2.14. The summed E-state index contributed by atoms with van der Waals surface area (Å²) in [6.07, 6.45) is -4.98. The molecule has 1 heterocycles. The molecule has 1 aliphatic heterocycles. The zero-order chi connectivity index (χ0) is 21.3. The first-order valence-corrected chi connectivity index (χ1v) is 8.77. The van der Waals surface area contributed by atoms with Crippen molar-refractivity contribution in [1.29, 1.82) is 0 Å². The maximum absolute atomic E-state index is 11.6. The molecule has 0 aromatic carbocycles. The molecule has 2 radical (unpaired) electrons. The predicted octanol–water partition coefficient (Wildman–Crippen LogP) is 0.0630. The van der Waals surface area contributed by atoms with Gasteiger partial charge in [0.15, 0.2) is 24.6 Å². The number of carbonyl (C=O) groups is 4. The van der Waals surface area contributed by atoms with E-state index in [0.717, 1.165) is 20.8 Å². The van der Waals surface area contributed by atoms with Crippen molar-refractivity contribution in [2.45, 2.75) is 71.1 Å². The van der Waals surface area contributed by atoms with Crippen LogP contribution in [-0.2, 0) is 47.6 Å². The third-order valence-electron chi connectivity index (χ3n) is 3.58. The van der Waals surface area contributed by atoms with Crippen molar-refractivity contribution >= 4 is 31.7 Å². The number of rotatable bonds is 9. The van der Waals surface area contributed by atoms with Gasteiger partial charge in [0.05, 0.1) is 7.85 Å². The van der Waals surface area contributed by atoms with Gasteiger partial charge in [0.25, 0.3) is 0 Å². The summed E-state index contributed by atoms with van der Waals surface area (Å²) < 4.78 is 32.0. The van der Waals surface area contributed by atoms with Crippen LogP contribution in [-0.4, -0.2) is 75.6 Å². The van der Waals surface area contributed by atoms with E-state index in [0.29, 0.717) is 12.7 Å². The lowest BCUT2D eigenvalue weighted by Crippen LogP contribution is -2.63. The van der Waals surface area contributed by atoms with Crippen LogP contribution in [0.3, 0.4) is 0 Å². The summed E-state index contributed by atoms with van der Waals surface area (Å²) in [4.78, 5) is 46.0. The van der Waals surface area contributed by atoms with Crippen LogP contribution in [0.15, 0.2) is 0 Å². The molecule has 0 spiro atoms. The van der Waals surface area contributed by atoms with Crippen LogP contribution >= 0.6 is 0 Å². The molecule has 5 atom stereocenters. The van der Waals surface area contributed by atoms with Crippen LogP contribution in [0.2, 0.25) is 6.32 Å². The Kier molecular flexibility index (Phi) is 9.95. The number of carbonyl (C=O) groups excluding carboxylic acids is 4. The molecular formula is C17H25BO10. The van der Waals surface area contributed by atoms with Crippen LogP contribution in [0.1, 0.15) is 34.1 Å². The SMILES string of the molecule is [B]CCCO[C@@H]1O[C@H](COC(C)=O)[C@@H](OC(C)=O)[C@H](OC(C)=O)[C@H]1OC(C)=O. The molecule has 1 aliphatic rings. The molecule has 0 amide bonds. The van der Waals surface area contributed by atoms with Gasteiger partial charge in [0.2, 0.25) is 0 Å². The molecule has 0 bridgehead atoms. The zero-order valence-electron chi connectivity index (χ0n) is 16.4. The normalized spacial score (nSPS) is 26.8. The second kappa shape index (κ2) is 11.7. The molecule has 0 aromatic heterocycles. The lowest BCUT2D eigenvalue weighted by molar-refractivity contribution is -0.308. The van der Waals surface area contributed by atoms with E-state index in [-0.39, 0.29) is 13.2 Å². The van der Waals surface area contributed by atoms with Crippen molar-refractivity contribution in [2.24, 2.45) is 0 Å². The van der Waals surface area contributed by atoms with E-state index in [2.05, 4.69) is 0 Å². The van der Waals surface area contributed by atoms with Crippen molar-refractivity contribution in [3.63, 3.8) is 0 Å². The Morgan fingerprint density at radius 3 is 1.86 bits per heavy atom. The van der Waals surface area contributed by atoms with Crippen molar-refractivity contribution in [3.8, 4) is 0 Å². The van der Waals surface area contributed by atoms with E-state index in [1.807, 2.05) is 0 Å². The minimum atomic E-state index is -1.23. The zero-order valence-corrected chi connectivity index (χ0v) is 16.4. The van der Waals surface area contributed by atoms with Gasteiger partial charge in [-0.05, 0) is 6.42 Å². The van der Waals surface area contributed by atoms with Crippen molar-refractivity contribution in [3.05, 3.63) is 0 Å². The number of hydrogen-bond donors (Lipinski definition) is 0. The second-order valence-corrected chi connectivity index (χ2v) is 6.08. The average Bonchev–Trinajstić information content (AvgIpc) is 2.57. The minimum absolute atomic E-state index is 0.171. The maximum Gasteiger partial charge on any atom is 0.303 e. The topological polar surface area (TPSA) is 124 Å². The van der Waals surface area contributed by atoms with Crippen LogP contribution in [0.5, 0.6) is 0 Å². The molecule has 0 saturated carbocycles. The lowest BCUT2D eigenvalue weighted by Gasteiger charge is -2.44. The van der Waals surface area contributed by atoms with Gasteiger partial charge in [-0.25, -0.2) is 0 Å². The molecule has 1 rings (SSSR count). The third kappa shape index (κ3) is 7.85. The van der Waals surface area contributed by atoms with E-state index in [1.165, 1.54) is 6.92 Å². The van der Waals surface area contributed by atoms with E-state index in [1.54, 1.807) is 0 Å². The van der Waals surface area contributed by atoms with Crippen molar-refractivity contribution in [1.82, 2.24) is 0 Å². The first-order valence-electron chi connectivity index (χ1n) is 8.77. The Bertz CT molecular complexity index is 566. The molecule has 0 aliphatic carbocycles. The van der Waals surface area contributed by atoms with E-state index in [4.69, 9.17) is 36.3 Å². The van der Waals surface area contributed by atoms with Crippen LogP contribution in [0.25, 0.3) is 0 Å². The van der Waals surface area contributed by atoms with Gasteiger partial charge < -0.3 is 28.4 Å². The molecule has 10 nitrogen and oxygen atoms in total. The van der Waals surface area contributed by atoms with Crippen LogP contribution in [0.4, 0.5) is 0 Å². The highest BCUT2D eigenvalue weighted by Crippen LogP contribution is 2.30. The predicted molar refractivity (Wildman–Crippen MR) is 93.1 cm³/mol. The highest BCUT2D eigenvalue weighted by Gasteiger charge is 2.52. The monoisotopic (exact) mass is 400 g/mol. The molecule has 0 unspecified atom stereocenters. The molecule has 28 heavy (non-hydrogen) atoms. The third-order valence-corrected chi connectivity index (χ3v) is 3.58. The van der Waals surface area contributed by atoms with Gasteiger partial charge in [-0.1, -0.05) is 6.32 Å². The van der Waals surface area contributed by atoms with E-state index < -0.39 is 54.6 Å². The molecule has 0 N–H and O–H groups in total. The summed E-state index contributed by atoms with van der Waals surface area (Å²) in [6.45, 7) is 4.53. The fourth-order valence-corrected chi connectivity index (χ4v) is 2.61. The summed E-state index contributed by atoms with van der Waals surface area (Å²) in [5, 5.41) is 0. The van der Waals surface area contributed by atoms with Gasteiger partial charge >= 0.3 is 23.9 Å². The lowest BCUT2D eigenvalue weighted by atomic mass is 9.98. The Morgan fingerprint density at radius 2 is 1.36 bits per heavy atom. The molecule has 156 valence electrons. The number of ether oxygens (including phenoxy) is 6. The fraction of sp³-hybridized carbons (Fsp3) is 0.765. The second-order valence-electron chi connectivity index (χ2n) is 6.08. The molecular weight excluding hydrogens is 375 g/mol.